The van der Waals surface area contributed by atoms with E-state index in [1.165, 1.54) is 10.5 Å². The molecule has 0 bridgehead atoms. The fourth-order valence-electron chi connectivity index (χ4n) is 3.09. The van der Waals surface area contributed by atoms with Crippen molar-refractivity contribution in [2.45, 2.75) is 37.4 Å². The number of amides is 1. The molecule has 2 aliphatic rings. The molecule has 3 N–H and O–H groups in total. The minimum Gasteiger partial charge on any atom is -0.475 e. The first-order valence-corrected chi connectivity index (χ1v) is 7.92. The highest BCUT2D eigenvalue weighted by Gasteiger charge is 2.53. The van der Waals surface area contributed by atoms with E-state index in [0.717, 1.165) is 6.42 Å². The standard InChI is InChI=1S/C15H19N3O.C2HF3O2/c1-15(9-13(19)18(2)14(16)17-15)12-8-11(12)10-6-4-3-5-7-10;3-2(4,5)1(6)7/h3-7,11-12H,8-9H2,1-2H3,(H2,16,17);(H,6,7)/t11-,12-,15+;/m1./s1. The van der Waals surface area contributed by atoms with E-state index in [0.29, 0.717) is 24.2 Å². The fraction of sp³-hybridized carbons (Fsp3) is 0.471. The van der Waals surface area contributed by atoms with Crippen molar-refractivity contribution in [1.82, 2.24) is 4.90 Å². The summed E-state index contributed by atoms with van der Waals surface area (Å²) >= 11 is 0. The third-order valence-electron chi connectivity index (χ3n) is 4.66. The molecule has 1 aromatic carbocycles. The van der Waals surface area contributed by atoms with Gasteiger partial charge in [-0.25, -0.2) is 9.79 Å². The third-order valence-corrected chi connectivity index (χ3v) is 4.66. The molecule has 1 amide bonds. The number of carbonyl (C=O) groups is 2. The molecule has 0 saturated heterocycles. The minimum absolute atomic E-state index is 0.0636. The summed E-state index contributed by atoms with van der Waals surface area (Å²) in [7, 11) is 1.68. The molecule has 1 aliphatic heterocycles. The number of nitrogens with zero attached hydrogens (tertiary/aromatic N) is 2. The number of nitrogens with two attached hydrogens (primary N) is 1. The van der Waals surface area contributed by atoms with Crippen molar-refractivity contribution in [2.75, 3.05) is 7.05 Å². The summed E-state index contributed by atoms with van der Waals surface area (Å²) in [5, 5.41) is 7.12. The number of aliphatic carboxylic acids is 1. The maximum absolute atomic E-state index is 12.0. The molecule has 1 aliphatic carbocycles. The molecule has 3 atom stereocenters. The van der Waals surface area contributed by atoms with Crippen LogP contribution in [0, 0.1) is 5.92 Å². The largest absolute Gasteiger partial charge is 0.490 e. The molecule has 1 heterocycles. The maximum atomic E-state index is 12.0. The van der Waals surface area contributed by atoms with Crippen molar-refractivity contribution in [3.05, 3.63) is 35.9 Å². The molecular weight excluding hydrogens is 351 g/mol. The van der Waals surface area contributed by atoms with Crippen LogP contribution in [0.25, 0.3) is 0 Å². The highest BCUT2D eigenvalue weighted by Crippen LogP contribution is 2.56. The number of guanidine groups is 1. The molecule has 6 nitrogen and oxygen atoms in total. The topological polar surface area (TPSA) is 96.0 Å². The number of hydrogen-bond donors (Lipinski definition) is 2. The highest BCUT2D eigenvalue weighted by molar-refractivity contribution is 5.98. The number of carbonyl (C=O) groups excluding carboxylic acids is 1. The van der Waals surface area contributed by atoms with Crippen LogP contribution in [-0.2, 0) is 9.59 Å². The predicted octanol–water partition coefficient (Wildman–Crippen LogP) is 2.36. The normalized spacial score (nSPS) is 28.0. The summed E-state index contributed by atoms with van der Waals surface area (Å²) < 4.78 is 31.7. The summed E-state index contributed by atoms with van der Waals surface area (Å²) in [6.07, 6.45) is -3.54. The van der Waals surface area contributed by atoms with Gasteiger partial charge < -0.3 is 10.8 Å². The van der Waals surface area contributed by atoms with E-state index in [1.807, 2.05) is 6.07 Å². The maximum Gasteiger partial charge on any atom is 0.490 e. The van der Waals surface area contributed by atoms with Gasteiger partial charge in [-0.1, -0.05) is 30.3 Å². The Hall–Kier alpha value is -2.58. The second-order valence-electron chi connectivity index (χ2n) is 6.62. The molecule has 0 radical (unpaired) electrons. The first kappa shape index (κ1) is 19.7. The molecule has 142 valence electrons. The Labute approximate surface area is 148 Å². The average Bonchev–Trinajstić information content (AvgIpc) is 3.34. The number of halogens is 3. The van der Waals surface area contributed by atoms with Crippen LogP contribution in [0.15, 0.2) is 35.3 Å². The van der Waals surface area contributed by atoms with Gasteiger partial charge in [0.1, 0.15) is 0 Å². The highest BCUT2D eigenvalue weighted by atomic mass is 19.4. The fourth-order valence-corrected chi connectivity index (χ4v) is 3.09. The zero-order valence-corrected chi connectivity index (χ0v) is 14.3. The van der Waals surface area contributed by atoms with Gasteiger partial charge in [0.25, 0.3) is 0 Å². The number of benzene rings is 1. The van der Waals surface area contributed by atoms with Gasteiger partial charge in [-0.15, -0.1) is 0 Å². The zero-order chi connectivity index (χ0) is 19.7. The summed E-state index contributed by atoms with van der Waals surface area (Å²) in [4.78, 5) is 26.9. The Balaban J connectivity index is 0.000000298. The van der Waals surface area contributed by atoms with Crippen LogP contribution in [0.2, 0.25) is 0 Å². The van der Waals surface area contributed by atoms with Crippen LogP contribution >= 0.6 is 0 Å². The Bertz CT molecular complexity index is 721. The van der Waals surface area contributed by atoms with Crippen LogP contribution in [0.5, 0.6) is 0 Å². The van der Waals surface area contributed by atoms with Crippen molar-refractivity contribution in [3.63, 3.8) is 0 Å². The van der Waals surface area contributed by atoms with Gasteiger partial charge in [0.05, 0.1) is 12.0 Å². The van der Waals surface area contributed by atoms with E-state index in [9.17, 15) is 18.0 Å². The molecule has 26 heavy (non-hydrogen) atoms. The average molecular weight is 371 g/mol. The van der Waals surface area contributed by atoms with Crippen LogP contribution < -0.4 is 5.73 Å². The SMILES string of the molecule is CN1C(=O)C[C@@](C)([C@@H]2C[C@@H]2c2ccccc2)N=C1N.O=C(O)C(F)(F)F. The van der Waals surface area contributed by atoms with Crippen molar-refractivity contribution in [2.24, 2.45) is 16.6 Å². The second-order valence-corrected chi connectivity index (χ2v) is 6.62. The summed E-state index contributed by atoms with van der Waals surface area (Å²) in [6.45, 7) is 2.05. The molecule has 9 heteroatoms. The number of hydrogen-bond acceptors (Lipinski definition) is 4. The number of rotatable bonds is 2. The van der Waals surface area contributed by atoms with E-state index in [2.05, 4.69) is 36.2 Å². The van der Waals surface area contributed by atoms with E-state index in [4.69, 9.17) is 15.6 Å². The Morgan fingerprint density at radius 1 is 1.35 bits per heavy atom. The minimum atomic E-state index is -5.08. The van der Waals surface area contributed by atoms with Crippen LogP contribution in [0.3, 0.4) is 0 Å². The van der Waals surface area contributed by atoms with E-state index < -0.39 is 12.1 Å². The summed E-state index contributed by atoms with van der Waals surface area (Å²) in [5.41, 5.74) is 6.85. The van der Waals surface area contributed by atoms with Crippen LogP contribution in [0.1, 0.15) is 31.2 Å². The lowest BCUT2D eigenvalue weighted by Gasteiger charge is -2.33. The Morgan fingerprint density at radius 2 is 1.88 bits per heavy atom. The monoisotopic (exact) mass is 371 g/mol. The van der Waals surface area contributed by atoms with Gasteiger partial charge in [0.2, 0.25) is 5.91 Å². The third kappa shape index (κ3) is 4.33. The van der Waals surface area contributed by atoms with Crippen molar-refractivity contribution >= 4 is 17.8 Å². The molecule has 0 unspecified atom stereocenters. The number of aliphatic imine (C=N–C) groups is 1. The lowest BCUT2D eigenvalue weighted by Crippen LogP contribution is -2.49. The second kappa shape index (κ2) is 6.97. The summed E-state index contributed by atoms with van der Waals surface area (Å²) in [6, 6.07) is 10.4. The molecule has 1 aromatic rings. The molecule has 3 rings (SSSR count). The Morgan fingerprint density at radius 3 is 2.35 bits per heavy atom. The number of carboxylic acid groups (broad SMARTS) is 1. The lowest BCUT2D eigenvalue weighted by atomic mass is 9.88. The smallest absolute Gasteiger partial charge is 0.475 e. The quantitative estimate of drug-likeness (QED) is 0.834. The molecule has 1 fully saturated rings. The van der Waals surface area contributed by atoms with Gasteiger partial charge in [0.15, 0.2) is 5.96 Å². The predicted molar refractivity (Wildman–Crippen MR) is 88.4 cm³/mol. The van der Waals surface area contributed by atoms with Crippen LogP contribution in [-0.4, -0.2) is 46.6 Å². The molecule has 0 spiro atoms. The number of alkyl halides is 3. The van der Waals surface area contributed by atoms with Gasteiger partial charge >= 0.3 is 12.1 Å². The first-order valence-electron chi connectivity index (χ1n) is 7.92. The van der Waals surface area contributed by atoms with Gasteiger partial charge in [0, 0.05) is 7.05 Å². The molecule has 1 saturated carbocycles. The lowest BCUT2D eigenvalue weighted by molar-refractivity contribution is -0.192. The van der Waals surface area contributed by atoms with Crippen molar-refractivity contribution in [3.8, 4) is 0 Å². The number of carboxylic acids is 1. The molecule has 0 aromatic heterocycles. The van der Waals surface area contributed by atoms with E-state index in [1.54, 1.807) is 7.05 Å². The van der Waals surface area contributed by atoms with Crippen LogP contribution in [0.4, 0.5) is 13.2 Å². The van der Waals surface area contributed by atoms with E-state index in [-0.39, 0.29) is 11.4 Å². The Kier molecular flexibility index (Phi) is 5.29. The van der Waals surface area contributed by atoms with Gasteiger partial charge in [-0.2, -0.15) is 13.2 Å². The molecular formula is C17H20F3N3O3. The van der Waals surface area contributed by atoms with Crippen molar-refractivity contribution in [1.29, 1.82) is 0 Å². The van der Waals surface area contributed by atoms with E-state index >= 15 is 0 Å². The van der Waals surface area contributed by atoms with Gasteiger partial charge in [-0.3, -0.25) is 9.69 Å². The van der Waals surface area contributed by atoms with Gasteiger partial charge in [-0.05, 0) is 30.7 Å². The zero-order valence-electron chi connectivity index (χ0n) is 14.3. The summed E-state index contributed by atoms with van der Waals surface area (Å²) in [5.74, 6) is -1.41. The van der Waals surface area contributed by atoms with Crippen molar-refractivity contribution < 1.29 is 27.9 Å². The first-order chi connectivity index (χ1) is 12.0.